The first-order valence-electron chi connectivity index (χ1n) is 5.71. The second kappa shape index (κ2) is 4.51. The molecule has 1 aliphatic carbocycles. The van der Waals surface area contributed by atoms with E-state index in [2.05, 4.69) is 10.3 Å². The summed E-state index contributed by atoms with van der Waals surface area (Å²) >= 11 is 1.16. The van der Waals surface area contributed by atoms with Crippen LogP contribution in [0.2, 0.25) is 0 Å². The van der Waals surface area contributed by atoms with Crippen LogP contribution in [0.5, 0.6) is 0 Å². The van der Waals surface area contributed by atoms with Gasteiger partial charge in [0.15, 0.2) is 6.39 Å². The molecule has 7 heteroatoms. The molecule has 3 rings (SSSR count). The fraction of sp³-hybridized carbons (Fsp3) is 0.250. The number of nitrogens with one attached hydrogen (secondary N) is 1. The van der Waals surface area contributed by atoms with Crippen molar-refractivity contribution < 1.29 is 19.1 Å². The average molecular weight is 278 g/mol. The summed E-state index contributed by atoms with van der Waals surface area (Å²) in [5.74, 6) is -0.876. The van der Waals surface area contributed by atoms with Crippen LogP contribution in [0.1, 0.15) is 45.4 Å². The number of rotatable bonds is 4. The van der Waals surface area contributed by atoms with Gasteiger partial charge < -0.3 is 14.8 Å². The molecule has 2 aromatic rings. The topological polar surface area (TPSA) is 92.4 Å². The lowest BCUT2D eigenvalue weighted by Crippen LogP contribution is -2.12. The summed E-state index contributed by atoms with van der Waals surface area (Å²) < 4.78 is 5.12. The van der Waals surface area contributed by atoms with Gasteiger partial charge in [-0.05, 0) is 18.9 Å². The maximum atomic E-state index is 12.0. The third-order valence-electron chi connectivity index (χ3n) is 2.85. The highest BCUT2D eigenvalue weighted by Gasteiger charge is 2.32. The lowest BCUT2D eigenvalue weighted by molar-refractivity contribution is 0.0697. The number of thiophene rings is 1. The molecule has 2 aromatic heterocycles. The number of hydrogen-bond donors (Lipinski definition) is 2. The Balaban J connectivity index is 1.76. The van der Waals surface area contributed by atoms with Gasteiger partial charge in [-0.2, -0.15) is 0 Å². The van der Waals surface area contributed by atoms with Gasteiger partial charge in [0.1, 0.15) is 0 Å². The number of aromatic carboxylic acids is 1. The van der Waals surface area contributed by atoms with Crippen LogP contribution in [0.3, 0.4) is 0 Å². The van der Waals surface area contributed by atoms with Crippen molar-refractivity contribution in [2.75, 3.05) is 5.32 Å². The molecule has 0 atom stereocenters. The third kappa shape index (κ3) is 2.37. The van der Waals surface area contributed by atoms with Crippen molar-refractivity contribution in [1.82, 2.24) is 4.98 Å². The van der Waals surface area contributed by atoms with E-state index in [4.69, 9.17) is 9.52 Å². The van der Waals surface area contributed by atoms with Crippen LogP contribution in [0.15, 0.2) is 22.3 Å². The van der Waals surface area contributed by atoms with Gasteiger partial charge in [-0.1, -0.05) is 0 Å². The van der Waals surface area contributed by atoms with Crippen LogP contribution in [-0.4, -0.2) is 22.0 Å². The van der Waals surface area contributed by atoms with Crippen LogP contribution in [0.4, 0.5) is 5.00 Å². The maximum Gasteiger partial charge on any atom is 0.336 e. The molecule has 19 heavy (non-hydrogen) atoms. The number of carbonyl (C=O) groups is 2. The van der Waals surface area contributed by atoms with Crippen molar-refractivity contribution in [3.05, 3.63) is 34.9 Å². The molecule has 0 aromatic carbocycles. The van der Waals surface area contributed by atoms with Crippen LogP contribution in [-0.2, 0) is 0 Å². The Morgan fingerprint density at radius 1 is 1.47 bits per heavy atom. The van der Waals surface area contributed by atoms with E-state index in [1.165, 1.54) is 17.8 Å². The molecule has 0 aliphatic heterocycles. The molecule has 0 bridgehead atoms. The summed E-state index contributed by atoms with van der Waals surface area (Å²) in [5.41, 5.74) is 0.841. The third-order valence-corrected chi connectivity index (χ3v) is 3.69. The number of carboxylic acids is 1. The Labute approximate surface area is 112 Å². The van der Waals surface area contributed by atoms with Gasteiger partial charge >= 0.3 is 5.97 Å². The van der Waals surface area contributed by atoms with Crippen molar-refractivity contribution in [2.24, 2.45) is 0 Å². The number of aromatic nitrogens is 1. The van der Waals surface area contributed by atoms with Gasteiger partial charge in [-0.15, -0.1) is 11.3 Å². The van der Waals surface area contributed by atoms with Gasteiger partial charge in [0.25, 0.3) is 5.91 Å². The maximum absolute atomic E-state index is 12.0. The van der Waals surface area contributed by atoms with Crippen molar-refractivity contribution in [1.29, 1.82) is 0 Å². The van der Waals surface area contributed by atoms with Crippen LogP contribution in [0.25, 0.3) is 0 Å². The number of carboxylic acid groups (broad SMARTS) is 1. The number of amides is 1. The van der Waals surface area contributed by atoms with Crippen molar-refractivity contribution in [3.8, 4) is 0 Å². The second-order valence-corrected chi connectivity index (χ2v) is 5.21. The summed E-state index contributed by atoms with van der Waals surface area (Å²) in [6, 6.07) is 1.41. The Hall–Kier alpha value is -2.15. The predicted molar refractivity (Wildman–Crippen MR) is 67.7 cm³/mol. The van der Waals surface area contributed by atoms with E-state index in [9.17, 15) is 9.59 Å². The number of hydrogen-bond acceptors (Lipinski definition) is 5. The first-order chi connectivity index (χ1) is 9.15. The standard InChI is InChI=1S/C12H10N2O4S/c15-11(10-9(6-1-2-6)13-5-18-10)14-8-3-7(4-19-8)12(16)17/h3-6H,1-2H2,(H,14,15)(H,16,17). The van der Waals surface area contributed by atoms with Crippen LogP contribution in [0, 0.1) is 0 Å². The molecule has 0 spiro atoms. The summed E-state index contributed by atoms with van der Waals surface area (Å²) in [4.78, 5) is 26.8. The van der Waals surface area contributed by atoms with Gasteiger partial charge in [-0.3, -0.25) is 4.79 Å². The lowest BCUT2D eigenvalue weighted by atomic mass is 10.2. The molecule has 0 unspecified atom stereocenters. The lowest BCUT2D eigenvalue weighted by Gasteiger charge is -2.00. The molecule has 2 N–H and O–H groups in total. The van der Waals surface area contributed by atoms with Crippen LogP contribution < -0.4 is 5.32 Å². The minimum atomic E-state index is -1.02. The highest BCUT2D eigenvalue weighted by molar-refractivity contribution is 7.14. The molecular formula is C12H10N2O4S. The number of carbonyl (C=O) groups excluding carboxylic acids is 1. The summed E-state index contributed by atoms with van der Waals surface area (Å²) in [5, 5.41) is 13.4. The van der Waals surface area contributed by atoms with E-state index in [1.807, 2.05) is 0 Å². The molecule has 98 valence electrons. The normalized spacial score (nSPS) is 14.3. The fourth-order valence-electron chi connectivity index (χ4n) is 1.75. The quantitative estimate of drug-likeness (QED) is 0.896. The first kappa shape index (κ1) is 11.9. The van der Waals surface area contributed by atoms with E-state index in [0.717, 1.165) is 24.2 Å². The smallest absolute Gasteiger partial charge is 0.336 e. The molecule has 6 nitrogen and oxygen atoms in total. The van der Waals surface area contributed by atoms with Crippen molar-refractivity contribution in [3.63, 3.8) is 0 Å². The number of anilines is 1. The molecule has 0 radical (unpaired) electrons. The highest BCUT2D eigenvalue weighted by Crippen LogP contribution is 2.40. The van der Waals surface area contributed by atoms with Crippen LogP contribution >= 0.6 is 11.3 Å². The molecule has 1 amide bonds. The van der Waals surface area contributed by atoms with Gasteiger partial charge in [0.2, 0.25) is 5.76 Å². The molecule has 1 fully saturated rings. The van der Waals surface area contributed by atoms with Crippen molar-refractivity contribution >= 4 is 28.2 Å². The van der Waals surface area contributed by atoms with Gasteiger partial charge in [-0.25, -0.2) is 9.78 Å². The minimum absolute atomic E-state index is 0.153. The predicted octanol–water partition coefficient (Wildman–Crippen LogP) is 2.56. The average Bonchev–Trinajstić information content (AvgIpc) is 2.92. The SMILES string of the molecule is O=C(O)c1csc(NC(=O)c2ocnc2C2CC2)c1. The van der Waals surface area contributed by atoms with E-state index < -0.39 is 11.9 Å². The Morgan fingerprint density at radius 3 is 2.89 bits per heavy atom. The van der Waals surface area contributed by atoms with E-state index >= 15 is 0 Å². The van der Waals surface area contributed by atoms with E-state index in [-0.39, 0.29) is 11.3 Å². The number of nitrogens with zero attached hydrogens (tertiary/aromatic N) is 1. The Kier molecular flexibility index (Phi) is 2.83. The van der Waals surface area contributed by atoms with Gasteiger partial charge in [0, 0.05) is 11.3 Å². The Bertz CT molecular complexity index is 642. The highest BCUT2D eigenvalue weighted by atomic mass is 32.1. The summed E-state index contributed by atoms with van der Waals surface area (Å²) in [6.07, 6.45) is 3.31. The summed E-state index contributed by atoms with van der Waals surface area (Å²) in [7, 11) is 0. The Morgan fingerprint density at radius 2 is 2.26 bits per heavy atom. The zero-order valence-corrected chi connectivity index (χ0v) is 10.6. The first-order valence-corrected chi connectivity index (χ1v) is 6.59. The molecule has 2 heterocycles. The summed E-state index contributed by atoms with van der Waals surface area (Å²) in [6.45, 7) is 0. The second-order valence-electron chi connectivity index (χ2n) is 4.30. The van der Waals surface area contributed by atoms with Gasteiger partial charge in [0.05, 0.1) is 16.3 Å². The zero-order valence-electron chi connectivity index (χ0n) is 9.75. The monoisotopic (exact) mass is 278 g/mol. The minimum Gasteiger partial charge on any atom is -0.478 e. The van der Waals surface area contributed by atoms with Crippen molar-refractivity contribution in [2.45, 2.75) is 18.8 Å². The largest absolute Gasteiger partial charge is 0.478 e. The molecule has 0 saturated heterocycles. The molecule has 1 saturated carbocycles. The van der Waals surface area contributed by atoms with E-state index in [1.54, 1.807) is 0 Å². The zero-order chi connectivity index (χ0) is 13.4. The number of oxazole rings is 1. The van der Waals surface area contributed by atoms with E-state index in [0.29, 0.717) is 16.6 Å². The fourth-order valence-corrected chi connectivity index (χ4v) is 2.52. The molecule has 1 aliphatic rings. The molecular weight excluding hydrogens is 268 g/mol.